The molecule has 3 aromatic rings. The van der Waals surface area contributed by atoms with Crippen molar-refractivity contribution in [3.8, 4) is 0 Å². The average Bonchev–Trinajstić information content (AvgIpc) is 3.37. The molecule has 0 saturated carbocycles. The zero-order chi connectivity index (χ0) is 29.3. The number of benzene rings is 2. The van der Waals surface area contributed by atoms with Gasteiger partial charge in [-0.2, -0.15) is 0 Å². The maximum atomic E-state index is 13.6. The highest BCUT2D eigenvalue weighted by molar-refractivity contribution is 7.90. The van der Waals surface area contributed by atoms with E-state index in [0.717, 1.165) is 43.7 Å². The molecular weight excluding hydrogens is 543 g/mol. The fraction of sp³-hybridized carbons (Fsp3) is 0.355. The molecule has 0 unspecified atom stereocenters. The van der Waals surface area contributed by atoms with Gasteiger partial charge in [-0.1, -0.05) is 26.0 Å². The van der Waals surface area contributed by atoms with E-state index in [4.69, 9.17) is 0 Å². The summed E-state index contributed by atoms with van der Waals surface area (Å²) in [5.74, 6) is -1.08. The Kier molecular flexibility index (Phi) is 8.15. The van der Waals surface area contributed by atoms with Gasteiger partial charge in [0.15, 0.2) is 9.84 Å². The first kappa shape index (κ1) is 28.8. The number of hydrogen-bond donors (Lipinski definition) is 2. The Morgan fingerprint density at radius 2 is 1.80 bits per heavy atom. The average molecular weight is 579 g/mol. The van der Waals surface area contributed by atoms with E-state index >= 15 is 0 Å². The molecule has 41 heavy (non-hydrogen) atoms. The van der Waals surface area contributed by atoms with Crippen LogP contribution in [0.3, 0.4) is 0 Å². The largest absolute Gasteiger partial charge is 0.358 e. The Bertz CT molecular complexity index is 1620. The normalized spacial score (nSPS) is 16.2. The second kappa shape index (κ2) is 11.6. The van der Waals surface area contributed by atoms with Crippen LogP contribution in [0.4, 0.5) is 10.1 Å². The minimum absolute atomic E-state index is 0.00602. The number of anilines is 1. The topological polar surface area (TPSA) is 103 Å². The lowest BCUT2D eigenvalue weighted by Gasteiger charge is -2.25. The molecule has 0 aliphatic carbocycles. The van der Waals surface area contributed by atoms with Gasteiger partial charge in [-0.3, -0.25) is 9.59 Å². The van der Waals surface area contributed by atoms with Crippen LogP contribution in [0.25, 0.3) is 11.6 Å². The van der Waals surface area contributed by atoms with Gasteiger partial charge in [0.1, 0.15) is 5.82 Å². The summed E-state index contributed by atoms with van der Waals surface area (Å²) in [4.78, 5) is 34.2. The SMILES string of the molecule is CCN(CC)CCN1CCCc2[nH]c(/C=C3\C(=O)Nc4ccc(S(=O)(=O)Cc5ccc(F)cc5)cc43)c(C)c2C1=O. The number of likely N-dealkylation sites (N-methyl/N-ethyl adjacent to an activating group) is 1. The second-order valence-electron chi connectivity index (χ2n) is 10.5. The number of nitrogens with zero attached hydrogens (tertiary/aromatic N) is 2. The first-order valence-electron chi connectivity index (χ1n) is 14.0. The summed E-state index contributed by atoms with van der Waals surface area (Å²) in [5.41, 5.74) is 4.74. The molecule has 0 radical (unpaired) electrons. The fourth-order valence-electron chi connectivity index (χ4n) is 5.55. The van der Waals surface area contributed by atoms with Crippen molar-refractivity contribution in [2.45, 2.75) is 44.3 Å². The van der Waals surface area contributed by atoms with Crippen LogP contribution in [-0.4, -0.2) is 67.7 Å². The molecule has 2 aromatic carbocycles. The monoisotopic (exact) mass is 578 g/mol. The molecule has 2 amide bonds. The smallest absolute Gasteiger partial charge is 0.256 e. The first-order valence-corrected chi connectivity index (χ1v) is 15.6. The third-order valence-corrected chi connectivity index (χ3v) is 9.68. The van der Waals surface area contributed by atoms with Crippen molar-refractivity contribution in [3.63, 3.8) is 0 Å². The van der Waals surface area contributed by atoms with Gasteiger partial charge < -0.3 is 20.1 Å². The maximum absolute atomic E-state index is 13.6. The summed E-state index contributed by atoms with van der Waals surface area (Å²) < 4.78 is 39.7. The Balaban J connectivity index is 1.44. The van der Waals surface area contributed by atoms with Crippen molar-refractivity contribution < 1.29 is 22.4 Å². The van der Waals surface area contributed by atoms with Crippen molar-refractivity contribution in [1.82, 2.24) is 14.8 Å². The molecule has 0 spiro atoms. The van der Waals surface area contributed by atoms with Gasteiger partial charge in [-0.25, -0.2) is 12.8 Å². The third-order valence-electron chi connectivity index (χ3n) is 7.99. The summed E-state index contributed by atoms with van der Waals surface area (Å²) in [6.07, 6.45) is 3.27. The van der Waals surface area contributed by atoms with E-state index in [1.165, 1.54) is 36.4 Å². The maximum Gasteiger partial charge on any atom is 0.256 e. The van der Waals surface area contributed by atoms with Crippen molar-refractivity contribution in [2.75, 3.05) is 38.0 Å². The van der Waals surface area contributed by atoms with E-state index < -0.39 is 15.7 Å². The molecule has 0 fully saturated rings. The van der Waals surface area contributed by atoms with Crippen LogP contribution in [-0.2, 0) is 26.8 Å². The predicted octanol–water partition coefficient (Wildman–Crippen LogP) is 4.66. The molecule has 2 aliphatic rings. The van der Waals surface area contributed by atoms with Crippen LogP contribution in [0.5, 0.6) is 0 Å². The van der Waals surface area contributed by atoms with E-state index in [-0.39, 0.29) is 22.5 Å². The van der Waals surface area contributed by atoms with Crippen LogP contribution in [0, 0.1) is 12.7 Å². The number of aryl methyl sites for hydroxylation is 1. The van der Waals surface area contributed by atoms with Crippen LogP contribution in [0.15, 0.2) is 47.4 Å². The Morgan fingerprint density at radius 3 is 2.51 bits per heavy atom. The summed E-state index contributed by atoms with van der Waals surface area (Å²) in [7, 11) is -3.76. The minimum Gasteiger partial charge on any atom is -0.358 e. The van der Waals surface area contributed by atoms with Crippen LogP contribution < -0.4 is 5.32 Å². The number of fused-ring (bicyclic) bond motifs is 2. The molecule has 216 valence electrons. The van der Waals surface area contributed by atoms with E-state index in [2.05, 4.69) is 29.0 Å². The molecule has 2 aliphatic heterocycles. The van der Waals surface area contributed by atoms with E-state index in [9.17, 15) is 22.4 Å². The Labute approximate surface area is 240 Å². The van der Waals surface area contributed by atoms with Gasteiger partial charge >= 0.3 is 0 Å². The van der Waals surface area contributed by atoms with E-state index in [0.29, 0.717) is 46.7 Å². The van der Waals surface area contributed by atoms with Gasteiger partial charge in [0, 0.05) is 42.3 Å². The van der Waals surface area contributed by atoms with Crippen LogP contribution >= 0.6 is 0 Å². The summed E-state index contributed by atoms with van der Waals surface area (Å²) in [5, 5.41) is 2.81. The van der Waals surface area contributed by atoms with Gasteiger partial charge in [0.05, 0.1) is 21.8 Å². The number of rotatable bonds is 9. The van der Waals surface area contributed by atoms with Crippen molar-refractivity contribution >= 4 is 39.0 Å². The number of hydrogen-bond acceptors (Lipinski definition) is 5. The molecule has 0 saturated heterocycles. The molecule has 3 heterocycles. The number of aromatic amines is 1. The number of carbonyl (C=O) groups excluding carboxylic acids is 2. The van der Waals surface area contributed by atoms with Gasteiger partial charge in [0.2, 0.25) is 0 Å². The summed E-state index contributed by atoms with van der Waals surface area (Å²) >= 11 is 0. The first-order chi connectivity index (χ1) is 19.6. The minimum atomic E-state index is -3.76. The second-order valence-corrected chi connectivity index (χ2v) is 12.5. The van der Waals surface area contributed by atoms with Gasteiger partial charge in [-0.15, -0.1) is 0 Å². The summed E-state index contributed by atoms with van der Waals surface area (Å²) in [6, 6.07) is 9.90. The highest BCUT2D eigenvalue weighted by Crippen LogP contribution is 2.36. The Morgan fingerprint density at radius 1 is 1.07 bits per heavy atom. The number of sulfone groups is 1. The lowest BCUT2D eigenvalue weighted by Crippen LogP contribution is -2.38. The lowest BCUT2D eigenvalue weighted by molar-refractivity contribution is -0.110. The van der Waals surface area contributed by atoms with E-state index in [1.807, 2.05) is 11.8 Å². The van der Waals surface area contributed by atoms with Crippen molar-refractivity contribution in [2.24, 2.45) is 0 Å². The molecular formula is C31H35FN4O4S. The number of H-pyrrole nitrogens is 1. The van der Waals surface area contributed by atoms with E-state index in [1.54, 1.807) is 12.1 Å². The molecule has 0 atom stereocenters. The summed E-state index contributed by atoms with van der Waals surface area (Å²) in [6.45, 7) is 10.2. The highest BCUT2D eigenvalue weighted by Gasteiger charge is 2.30. The molecule has 8 nitrogen and oxygen atoms in total. The van der Waals surface area contributed by atoms with Crippen LogP contribution in [0.2, 0.25) is 0 Å². The molecule has 0 bridgehead atoms. The highest BCUT2D eigenvalue weighted by atomic mass is 32.2. The van der Waals surface area contributed by atoms with Crippen molar-refractivity contribution in [3.05, 3.63) is 81.9 Å². The zero-order valence-electron chi connectivity index (χ0n) is 23.6. The number of amides is 2. The van der Waals surface area contributed by atoms with Gasteiger partial charge in [-0.05, 0) is 80.4 Å². The third kappa shape index (κ3) is 5.85. The zero-order valence-corrected chi connectivity index (χ0v) is 24.4. The lowest BCUT2D eigenvalue weighted by atomic mass is 10.0. The van der Waals surface area contributed by atoms with Crippen molar-refractivity contribution in [1.29, 1.82) is 0 Å². The number of halogens is 1. The fourth-order valence-corrected chi connectivity index (χ4v) is 6.93. The molecule has 5 rings (SSSR count). The van der Waals surface area contributed by atoms with Crippen LogP contribution in [0.1, 0.15) is 58.7 Å². The Hall–Kier alpha value is -3.76. The molecule has 1 aromatic heterocycles. The quantitative estimate of drug-likeness (QED) is 0.360. The number of aromatic nitrogens is 1. The standard InChI is InChI=1S/C31H35FN4O4S/c1-4-35(5-2)15-16-36-14-6-7-27-29(31(36)38)20(3)28(33-27)18-25-24-17-23(12-13-26(24)34-30(25)37)41(39,40)19-21-8-10-22(32)11-9-21/h8-13,17-18,33H,4-7,14-16,19H2,1-3H3,(H,34,37)/b25-18-. The molecule has 2 N–H and O–H groups in total. The van der Waals surface area contributed by atoms with Gasteiger partial charge in [0.25, 0.3) is 11.8 Å². The predicted molar refractivity (Wildman–Crippen MR) is 158 cm³/mol. The number of carbonyl (C=O) groups is 2. The number of nitrogens with one attached hydrogen (secondary N) is 2. The molecule has 10 heteroatoms.